The van der Waals surface area contributed by atoms with Crippen molar-refractivity contribution in [1.82, 2.24) is 0 Å². The fourth-order valence-electron chi connectivity index (χ4n) is 1.56. The van der Waals surface area contributed by atoms with Gasteiger partial charge in [-0.25, -0.2) is 4.39 Å². The number of thioether (sulfide) groups is 1. The minimum Gasteiger partial charge on any atom is -0.489 e. The van der Waals surface area contributed by atoms with Crippen LogP contribution in [-0.2, 0) is 6.42 Å². The maximum absolute atomic E-state index is 12.9. The van der Waals surface area contributed by atoms with Crippen LogP contribution in [0.5, 0.6) is 5.75 Å². The van der Waals surface area contributed by atoms with Gasteiger partial charge in [-0.15, -0.1) is 0 Å². The van der Waals surface area contributed by atoms with Gasteiger partial charge >= 0.3 is 0 Å². The fraction of sp³-hybridized carbons (Fsp3) is 0.300. The Morgan fingerprint density at radius 2 is 2.47 bits per heavy atom. The first-order valence-electron chi connectivity index (χ1n) is 4.57. The molecule has 0 amide bonds. The van der Waals surface area contributed by atoms with Crippen molar-refractivity contribution < 1.29 is 9.13 Å². The molecule has 0 aromatic heterocycles. The maximum Gasteiger partial charge on any atom is 0.151 e. The normalized spacial score (nSPS) is 18.3. The van der Waals surface area contributed by atoms with Gasteiger partial charge in [0.1, 0.15) is 17.7 Å². The molecule has 80 valence electrons. The largest absolute Gasteiger partial charge is 0.489 e. The average molecular weight is 226 g/mol. The standard InChI is InChI=1S/C10H11FN2OS/c11-7-1-2-9-6(3-7)4-8(14-9)5-15-10(12)13/h1-3,8H,4-5H2,(H3,12,13). The molecule has 15 heavy (non-hydrogen) atoms. The summed E-state index contributed by atoms with van der Waals surface area (Å²) < 4.78 is 18.5. The van der Waals surface area contributed by atoms with Gasteiger partial charge in [-0.1, -0.05) is 11.8 Å². The summed E-state index contributed by atoms with van der Waals surface area (Å²) in [5.74, 6) is 1.13. The lowest BCUT2D eigenvalue weighted by molar-refractivity contribution is 0.259. The molecule has 3 N–H and O–H groups in total. The van der Waals surface area contributed by atoms with E-state index in [0.29, 0.717) is 12.2 Å². The van der Waals surface area contributed by atoms with Crippen LogP contribution in [0.3, 0.4) is 0 Å². The zero-order chi connectivity index (χ0) is 10.8. The van der Waals surface area contributed by atoms with E-state index in [9.17, 15) is 4.39 Å². The van der Waals surface area contributed by atoms with Crippen LogP contribution < -0.4 is 10.5 Å². The van der Waals surface area contributed by atoms with Gasteiger partial charge in [0.2, 0.25) is 0 Å². The summed E-state index contributed by atoms with van der Waals surface area (Å²) >= 11 is 1.25. The molecule has 1 aromatic carbocycles. The van der Waals surface area contributed by atoms with E-state index in [0.717, 1.165) is 11.3 Å². The fourth-order valence-corrected chi connectivity index (χ4v) is 2.12. The predicted molar refractivity (Wildman–Crippen MR) is 58.9 cm³/mol. The second-order valence-corrected chi connectivity index (χ2v) is 4.43. The van der Waals surface area contributed by atoms with Gasteiger partial charge in [0.15, 0.2) is 5.17 Å². The van der Waals surface area contributed by atoms with Crippen molar-refractivity contribution in [3.8, 4) is 5.75 Å². The number of ether oxygens (including phenoxy) is 1. The van der Waals surface area contributed by atoms with Crippen molar-refractivity contribution in [2.24, 2.45) is 5.73 Å². The first kappa shape index (κ1) is 10.3. The van der Waals surface area contributed by atoms with E-state index in [-0.39, 0.29) is 17.1 Å². The van der Waals surface area contributed by atoms with Crippen LogP contribution in [0, 0.1) is 11.2 Å². The van der Waals surface area contributed by atoms with Crippen molar-refractivity contribution in [3.05, 3.63) is 29.6 Å². The van der Waals surface area contributed by atoms with Crippen molar-refractivity contribution in [1.29, 1.82) is 5.41 Å². The predicted octanol–water partition coefficient (Wildman–Crippen LogP) is 1.76. The molecule has 1 heterocycles. The Morgan fingerprint density at radius 3 is 3.20 bits per heavy atom. The zero-order valence-electron chi connectivity index (χ0n) is 8.00. The number of fused-ring (bicyclic) bond motifs is 1. The highest BCUT2D eigenvalue weighted by atomic mass is 32.2. The molecule has 0 aliphatic carbocycles. The molecular weight excluding hydrogens is 215 g/mol. The summed E-state index contributed by atoms with van der Waals surface area (Å²) in [6.45, 7) is 0. The molecule has 0 saturated heterocycles. The number of benzene rings is 1. The van der Waals surface area contributed by atoms with Crippen molar-refractivity contribution >= 4 is 16.9 Å². The number of hydrogen-bond acceptors (Lipinski definition) is 3. The minimum absolute atomic E-state index is 0.00398. The highest BCUT2D eigenvalue weighted by Crippen LogP contribution is 2.30. The van der Waals surface area contributed by atoms with Gasteiger partial charge in [-0.3, -0.25) is 5.41 Å². The molecule has 1 aromatic rings. The topological polar surface area (TPSA) is 59.1 Å². The Balaban J connectivity index is 2.00. The molecule has 3 nitrogen and oxygen atoms in total. The Labute approximate surface area is 91.3 Å². The molecule has 5 heteroatoms. The molecule has 0 bridgehead atoms. The van der Waals surface area contributed by atoms with Gasteiger partial charge in [0.05, 0.1) is 0 Å². The SMILES string of the molecule is N=C(N)SCC1Cc2cc(F)ccc2O1. The quantitative estimate of drug-likeness (QED) is 0.596. The van der Waals surface area contributed by atoms with Gasteiger partial charge < -0.3 is 10.5 Å². The lowest BCUT2D eigenvalue weighted by atomic mass is 10.1. The highest BCUT2D eigenvalue weighted by molar-refractivity contribution is 8.13. The number of nitrogens with two attached hydrogens (primary N) is 1. The Morgan fingerprint density at radius 1 is 1.67 bits per heavy atom. The molecule has 0 spiro atoms. The molecule has 1 unspecified atom stereocenters. The van der Waals surface area contributed by atoms with E-state index in [1.165, 1.54) is 23.9 Å². The Bertz CT molecular complexity index is 397. The van der Waals surface area contributed by atoms with Gasteiger partial charge in [0, 0.05) is 17.7 Å². The van der Waals surface area contributed by atoms with Crippen molar-refractivity contribution in [2.45, 2.75) is 12.5 Å². The van der Waals surface area contributed by atoms with Crippen LogP contribution in [0.2, 0.25) is 0 Å². The highest BCUT2D eigenvalue weighted by Gasteiger charge is 2.23. The number of amidine groups is 1. The minimum atomic E-state index is -0.239. The van der Waals surface area contributed by atoms with Crippen molar-refractivity contribution in [2.75, 3.05) is 5.75 Å². The van der Waals surface area contributed by atoms with Crippen LogP contribution in [0.4, 0.5) is 4.39 Å². The van der Waals surface area contributed by atoms with E-state index in [2.05, 4.69) is 0 Å². The van der Waals surface area contributed by atoms with Gasteiger partial charge in [-0.2, -0.15) is 0 Å². The third-order valence-electron chi connectivity index (χ3n) is 2.19. The summed E-state index contributed by atoms with van der Waals surface area (Å²) in [7, 11) is 0. The molecule has 1 atom stereocenters. The van der Waals surface area contributed by atoms with Crippen LogP contribution in [0.1, 0.15) is 5.56 Å². The van der Waals surface area contributed by atoms with Gasteiger partial charge in [0.25, 0.3) is 0 Å². The molecule has 0 radical (unpaired) electrons. The van der Waals surface area contributed by atoms with E-state index in [1.807, 2.05) is 0 Å². The molecule has 0 fully saturated rings. The van der Waals surface area contributed by atoms with Gasteiger partial charge in [-0.05, 0) is 18.2 Å². The van der Waals surface area contributed by atoms with E-state index in [4.69, 9.17) is 15.9 Å². The molecule has 0 saturated carbocycles. The monoisotopic (exact) mass is 226 g/mol. The smallest absolute Gasteiger partial charge is 0.151 e. The lowest BCUT2D eigenvalue weighted by Gasteiger charge is -2.08. The Kier molecular flexibility index (Phi) is 2.81. The molecule has 1 aliphatic heterocycles. The maximum atomic E-state index is 12.9. The summed E-state index contributed by atoms with van der Waals surface area (Å²) in [5, 5.41) is 7.16. The number of halogens is 1. The first-order valence-corrected chi connectivity index (χ1v) is 5.55. The molecule has 1 aliphatic rings. The number of nitrogens with one attached hydrogen (secondary N) is 1. The third-order valence-corrected chi connectivity index (χ3v) is 3.04. The van der Waals surface area contributed by atoms with Crippen molar-refractivity contribution in [3.63, 3.8) is 0 Å². The van der Waals surface area contributed by atoms with Crippen LogP contribution in [-0.4, -0.2) is 17.0 Å². The second kappa shape index (κ2) is 4.10. The second-order valence-electron chi connectivity index (χ2n) is 3.37. The summed E-state index contributed by atoms with van der Waals surface area (Å²) in [4.78, 5) is 0. The van der Waals surface area contributed by atoms with E-state index >= 15 is 0 Å². The van der Waals surface area contributed by atoms with E-state index in [1.54, 1.807) is 6.07 Å². The first-order chi connectivity index (χ1) is 7.15. The lowest BCUT2D eigenvalue weighted by Crippen LogP contribution is -2.18. The zero-order valence-corrected chi connectivity index (χ0v) is 8.81. The van der Waals surface area contributed by atoms with E-state index < -0.39 is 0 Å². The summed E-state index contributed by atoms with van der Waals surface area (Å²) in [5.41, 5.74) is 6.12. The molecular formula is C10H11FN2OS. The summed E-state index contributed by atoms with van der Waals surface area (Å²) in [6.07, 6.45) is 0.684. The number of rotatable bonds is 2. The summed E-state index contributed by atoms with van der Waals surface area (Å²) in [6, 6.07) is 4.52. The molecule has 2 rings (SSSR count). The van der Waals surface area contributed by atoms with Crippen LogP contribution >= 0.6 is 11.8 Å². The number of hydrogen-bond donors (Lipinski definition) is 2. The Hall–Kier alpha value is -1.23. The van der Waals surface area contributed by atoms with Crippen LogP contribution in [0.15, 0.2) is 18.2 Å². The van der Waals surface area contributed by atoms with Crippen LogP contribution in [0.25, 0.3) is 0 Å². The third kappa shape index (κ3) is 2.41. The average Bonchev–Trinajstić information content (AvgIpc) is 2.56.